The average molecular weight is 240 g/mol. The zero-order valence-corrected chi connectivity index (χ0v) is 10.2. The fourth-order valence-corrected chi connectivity index (χ4v) is 2.57. The van der Waals surface area contributed by atoms with Gasteiger partial charge in [0.2, 0.25) is 0 Å². The highest BCUT2D eigenvalue weighted by atomic mass is 19.1. The van der Waals surface area contributed by atoms with Crippen LogP contribution in [-0.2, 0) is 6.54 Å². The molecule has 94 valence electrons. The van der Waals surface area contributed by atoms with Gasteiger partial charge in [0, 0.05) is 30.8 Å². The van der Waals surface area contributed by atoms with Gasteiger partial charge in [-0.1, -0.05) is 6.92 Å². The van der Waals surface area contributed by atoms with Crippen LogP contribution in [0.4, 0.5) is 8.78 Å². The fraction of sp³-hybridized carbons (Fsp3) is 0.538. The first kappa shape index (κ1) is 12.5. The van der Waals surface area contributed by atoms with Crippen molar-refractivity contribution >= 4 is 0 Å². The van der Waals surface area contributed by atoms with Crippen molar-refractivity contribution in [3.05, 3.63) is 34.9 Å². The molecule has 0 radical (unpaired) electrons. The lowest BCUT2D eigenvalue weighted by Crippen LogP contribution is -2.35. The van der Waals surface area contributed by atoms with E-state index < -0.39 is 11.6 Å². The van der Waals surface area contributed by atoms with Crippen molar-refractivity contribution in [1.29, 1.82) is 0 Å². The van der Waals surface area contributed by atoms with E-state index in [-0.39, 0.29) is 6.04 Å². The Morgan fingerprint density at radius 1 is 1.47 bits per heavy atom. The first-order valence-corrected chi connectivity index (χ1v) is 6.02. The Balaban J connectivity index is 2.41. The number of rotatable bonds is 3. The van der Waals surface area contributed by atoms with Crippen molar-refractivity contribution in [3.8, 4) is 0 Å². The van der Waals surface area contributed by atoms with Gasteiger partial charge in [-0.15, -0.1) is 0 Å². The second-order valence-electron chi connectivity index (χ2n) is 4.64. The van der Waals surface area contributed by atoms with Gasteiger partial charge in [-0.25, -0.2) is 8.78 Å². The Kier molecular flexibility index (Phi) is 3.45. The molecule has 0 amide bonds. The van der Waals surface area contributed by atoms with Crippen molar-refractivity contribution in [2.45, 2.75) is 38.9 Å². The molecule has 4 heteroatoms. The number of nitrogens with zero attached hydrogens (tertiary/aromatic N) is 1. The zero-order chi connectivity index (χ0) is 12.6. The molecule has 0 aromatic heterocycles. The monoisotopic (exact) mass is 240 g/mol. The summed E-state index contributed by atoms with van der Waals surface area (Å²) >= 11 is 0. The summed E-state index contributed by atoms with van der Waals surface area (Å²) in [6.07, 6.45) is 0.967. The molecule has 2 atom stereocenters. The van der Waals surface area contributed by atoms with Crippen LogP contribution in [0.3, 0.4) is 0 Å². The normalized spacial score (nSPS) is 21.6. The summed E-state index contributed by atoms with van der Waals surface area (Å²) in [4.78, 5) is 2.15. The van der Waals surface area contributed by atoms with Gasteiger partial charge in [-0.3, -0.25) is 4.90 Å². The molecule has 1 aromatic carbocycles. The van der Waals surface area contributed by atoms with Crippen molar-refractivity contribution < 1.29 is 8.78 Å². The smallest absolute Gasteiger partial charge is 0.131 e. The van der Waals surface area contributed by atoms with E-state index in [2.05, 4.69) is 18.7 Å². The highest BCUT2D eigenvalue weighted by Gasteiger charge is 2.34. The van der Waals surface area contributed by atoms with Crippen molar-refractivity contribution in [1.82, 2.24) is 4.90 Å². The Hall–Kier alpha value is -1.00. The maximum atomic E-state index is 13.8. The van der Waals surface area contributed by atoms with Crippen LogP contribution in [0.1, 0.15) is 37.4 Å². The minimum absolute atomic E-state index is 0.124. The van der Waals surface area contributed by atoms with Crippen molar-refractivity contribution in [2.75, 3.05) is 6.54 Å². The van der Waals surface area contributed by atoms with Gasteiger partial charge in [0.05, 0.1) is 6.04 Å². The molecule has 0 saturated heterocycles. The van der Waals surface area contributed by atoms with Crippen molar-refractivity contribution in [2.24, 2.45) is 5.73 Å². The van der Waals surface area contributed by atoms with E-state index in [0.717, 1.165) is 18.1 Å². The third-order valence-corrected chi connectivity index (χ3v) is 3.65. The van der Waals surface area contributed by atoms with E-state index >= 15 is 0 Å². The molecule has 17 heavy (non-hydrogen) atoms. The third kappa shape index (κ3) is 2.07. The maximum absolute atomic E-state index is 13.8. The van der Waals surface area contributed by atoms with Gasteiger partial charge in [-0.05, 0) is 25.0 Å². The largest absolute Gasteiger partial charge is 0.329 e. The number of benzene rings is 1. The van der Waals surface area contributed by atoms with Crippen LogP contribution < -0.4 is 5.73 Å². The minimum Gasteiger partial charge on any atom is -0.329 e. The first-order chi connectivity index (χ1) is 8.08. The molecule has 2 nitrogen and oxygen atoms in total. The average Bonchev–Trinajstić information content (AvgIpc) is 2.66. The molecular weight excluding hydrogens is 222 g/mol. The Morgan fingerprint density at radius 2 is 2.18 bits per heavy atom. The first-order valence-electron chi connectivity index (χ1n) is 6.02. The van der Waals surface area contributed by atoms with Gasteiger partial charge >= 0.3 is 0 Å². The predicted octanol–water partition coefficient (Wildman–Crippen LogP) is 2.58. The lowest BCUT2D eigenvalue weighted by molar-refractivity contribution is 0.155. The second-order valence-corrected chi connectivity index (χ2v) is 4.64. The summed E-state index contributed by atoms with van der Waals surface area (Å²) in [6.45, 7) is 5.11. The molecule has 0 spiro atoms. The predicted molar refractivity (Wildman–Crippen MR) is 63.4 cm³/mol. The van der Waals surface area contributed by atoms with E-state index in [1.165, 1.54) is 6.07 Å². The molecule has 1 aliphatic rings. The maximum Gasteiger partial charge on any atom is 0.131 e. The summed E-state index contributed by atoms with van der Waals surface area (Å²) in [5, 5.41) is 0. The van der Waals surface area contributed by atoms with Crippen LogP contribution in [-0.4, -0.2) is 17.5 Å². The third-order valence-electron chi connectivity index (χ3n) is 3.65. The van der Waals surface area contributed by atoms with Crippen LogP contribution in [0.5, 0.6) is 0 Å². The molecule has 0 fully saturated rings. The SMILES string of the molecule is CCC(C)N1Cc2cc(F)cc(F)c2C1CN. The lowest BCUT2D eigenvalue weighted by Gasteiger charge is -2.29. The number of hydrogen-bond acceptors (Lipinski definition) is 2. The summed E-state index contributed by atoms with van der Waals surface area (Å²) in [7, 11) is 0. The summed E-state index contributed by atoms with van der Waals surface area (Å²) in [5.74, 6) is -0.982. The van der Waals surface area contributed by atoms with Gasteiger partial charge in [0.25, 0.3) is 0 Å². The van der Waals surface area contributed by atoms with Gasteiger partial charge in [0.15, 0.2) is 0 Å². The highest BCUT2D eigenvalue weighted by Crippen LogP contribution is 2.37. The minimum atomic E-state index is -0.511. The molecule has 0 bridgehead atoms. The molecule has 2 unspecified atom stereocenters. The summed E-state index contributed by atoms with van der Waals surface area (Å²) < 4.78 is 27.0. The number of nitrogens with two attached hydrogens (primary N) is 1. The Labute approximate surface area is 100 Å². The molecule has 1 aromatic rings. The molecule has 1 aliphatic heterocycles. The quantitative estimate of drug-likeness (QED) is 0.879. The van der Waals surface area contributed by atoms with Gasteiger partial charge < -0.3 is 5.73 Å². The topological polar surface area (TPSA) is 29.3 Å². The molecule has 2 N–H and O–H groups in total. The molecular formula is C13H18F2N2. The van der Waals surface area contributed by atoms with Crippen molar-refractivity contribution in [3.63, 3.8) is 0 Å². The molecule has 0 saturated carbocycles. The van der Waals surface area contributed by atoms with Gasteiger partial charge in [0.1, 0.15) is 11.6 Å². The van der Waals surface area contributed by atoms with E-state index in [1.54, 1.807) is 0 Å². The molecule has 1 heterocycles. The van der Waals surface area contributed by atoms with E-state index in [9.17, 15) is 8.78 Å². The van der Waals surface area contributed by atoms with Crippen LogP contribution in [0, 0.1) is 11.6 Å². The number of fused-ring (bicyclic) bond motifs is 1. The van der Waals surface area contributed by atoms with Crippen LogP contribution in [0.2, 0.25) is 0 Å². The van der Waals surface area contributed by atoms with Crippen LogP contribution in [0.15, 0.2) is 12.1 Å². The highest BCUT2D eigenvalue weighted by molar-refractivity contribution is 5.36. The number of hydrogen-bond donors (Lipinski definition) is 1. The molecule has 2 rings (SSSR count). The number of halogens is 2. The Bertz CT molecular complexity index is 420. The van der Waals surface area contributed by atoms with Gasteiger partial charge in [-0.2, -0.15) is 0 Å². The second kappa shape index (κ2) is 4.70. The summed E-state index contributed by atoms with van der Waals surface area (Å²) in [5.41, 5.74) is 7.05. The van der Waals surface area contributed by atoms with E-state index in [0.29, 0.717) is 24.7 Å². The van der Waals surface area contributed by atoms with Crippen LogP contribution >= 0.6 is 0 Å². The lowest BCUT2D eigenvalue weighted by atomic mass is 10.0. The summed E-state index contributed by atoms with van der Waals surface area (Å²) in [6, 6.07) is 2.56. The van der Waals surface area contributed by atoms with E-state index in [1.807, 2.05) is 0 Å². The van der Waals surface area contributed by atoms with E-state index in [4.69, 9.17) is 5.73 Å². The van der Waals surface area contributed by atoms with Crippen LogP contribution in [0.25, 0.3) is 0 Å². The Morgan fingerprint density at radius 3 is 2.76 bits per heavy atom. The molecule has 0 aliphatic carbocycles. The fourth-order valence-electron chi connectivity index (χ4n) is 2.57. The standard InChI is InChI=1S/C13H18F2N2/c1-3-8(2)17-7-9-4-10(14)5-11(15)13(9)12(17)6-16/h4-5,8,12H,3,6-7,16H2,1-2H3. The zero-order valence-electron chi connectivity index (χ0n) is 10.2.